The van der Waals surface area contributed by atoms with E-state index in [1.165, 1.54) is 4.57 Å². The van der Waals surface area contributed by atoms with Crippen LogP contribution in [0.25, 0.3) is 10.9 Å². The molecule has 1 aromatic heterocycles. The number of aromatic carboxylic acids is 1. The van der Waals surface area contributed by atoms with E-state index in [0.717, 1.165) is 12.3 Å². The van der Waals surface area contributed by atoms with E-state index in [0.29, 0.717) is 0 Å². The Labute approximate surface area is 135 Å². The summed E-state index contributed by atoms with van der Waals surface area (Å²) in [6.07, 6.45) is -3.97. The minimum absolute atomic E-state index is 0.0113. The van der Waals surface area contributed by atoms with Gasteiger partial charge in [0.2, 0.25) is 5.43 Å². The Morgan fingerprint density at radius 1 is 1.61 bits per heavy atom. The highest BCUT2D eigenvalue weighted by Gasteiger charge is 2.46. The van der Waals surface area contributed by atoms with Gasteiger partial charge in [0, 0.05) is 17.2 Å². The number of rotatable bonds is 2. The monoisotopic (exact) mass is 322 g/mol. The molecule has 1 aromatic carbocycles. The lowest BCUT2D eigenvalue weighted by Gasteiger charge is -2.29. The van der Waals surface area contributed by atoms with Gasteiger partial charge in [-0.15, -0.1) is 0 Å². The SMILES string of the molecule is [2H]C1([2H])C([2H])([2H])C1(N)c1c(F)cc2c(=O)c(C(=O)O)cn3c2c1OC[C@H]3C. The number of aromatic nitrogens is 1. The van der Waals surface area contributed by atoms with E-state index in [2.05, 4.69) is 0 Å². The van der Waals surface area contributed by atoms with Crippen LogP contribution in [0.5, 0.6) is 5.75 Å². The second-order valence-electron chi connectivity index (χ2n) is 5.76. The van der Waals surface area contributed by atoms with Gasteiger partial charge in [0.05, 0.1) is 22.5 Å². The summed E-state index contributed by atoms with van der Waals surface area (Å²) in [5.74, 6) is -2.81. The molecule has 120 valence electrons. The summed E-state index contributed by atoms with van der Waals surface area (Å²) >= 11 is 0. The maximum atomic E-state index is 15.0. The number of pyridine rings is 1. The number of nitrogens with zero attached hydrogens (tertiary/aromatic N) is 1. The van der Waals surface area contributed by atoms with Crippen LogP contribution in [0.2, 0.25) is 0 Å². The fourth-order valence-corrected chi connectivity index (χ4v) is 2.94. The van der Waals surface area contributed by atoms with Crippen LogP contribution in [0.3, 0.4) is 0 Å². The first-order valence-corrected chi connectivity index (χ1v) is 6.94. The van der Waals surface area contributed by atoms with E-state index < -0.39 is 52.7 Å². The van der Waals surface area contributed by atoms with Crippen LogP contribution in [-0.4, -0.2) is 22.2 Å². The number of carboxylic acids is 1. The molecule has 7 heteroatoms. The molecule has 1 aliphatic heterocycles. The van der Waals surface area contributed by atoms with Gasteiger partial charge in [-0.3, -0.25) is 4.79 Å². The predicted octanol–water partition coefficient (Wildman–Crippen LogP) is 1.74. The Hall–Kier alpha value is -2.41. The topological polar surface area (TPSA) is 94.5 Å². The number of carboxylic acid groups (broad SMARTS) is 1. The highest BCUT2D eigenvalue weighted by molar-refractivity contribution is 5.95. The summed E-state index contributed by atoms with van der Waals surface area (Å²) in [5, 5.41) is 9.01. The fourth-order valence-electron chi connectivity index (χ4n) is 2.94. The zero-order valence-corrected chi connectivity index (χ0v) is 12.0. The standard InChI is InChI=1S/C16H15FN2O4/c1-7-6-23-14-11(16(18)2-3-16)10(17)4-8-12(14)19(7)5-9(13(8)20)15(21)22/h4-5,7H,2-3,6,18H2,1H3,(H,21,22)/t7-/m1/s1/i2D2,3D2. The Kier molecular flexibility index (Phi) is 1.95. The zero-order chi connectivity index (χ0) is 20.1. The minimum atomic E-state index is -2.55. The van der Waals surface area contributed by atoms with Crippen LogP contribution < -0.4 is 15.9 Å². The van der Waals surface area contributed by atoms with E-state index in [9.17, 15) is 19.1 Å². The molecule has 4 rings (SSSR count). The molecule has 1 aliphatic carbocycles. The van der Waals surface area contributed by atoms with E-state index in [4.69, 9.17) is 16.0 Å². The lowest BCUT2D eigenvalue weighted by molar-refractivity contribution is 0.0694. The van der Waals surface area contributed by atoms with Crippen LogP contribution in [0, 0.1) is 5.82 Å². The van der Waals surface area contributed by atoms with Crippen molar-refractivity contribution >= 4 is 16.9 Å². The van der Waals surface area contributed by atoms with Gasteiger partial charge in [-0.1, -0.05) is 0 Å². The average Bonchev–Trinajstić information content (AvgIpc) is 2.88. The molecule has 2 aromatic rings. The molecule has 1 saturated carbocycles. The Morgan fingerprint density at radius 2 is 2.30 bits per heavy atom. The Bertz CT molecular complexity index is 1080. The van der Waals surface area contributed by atoms with Crippen molar-refractivity contribution in [3.63, 3.8) is 0 Å². The second kappa shape index (κ2) is 4.32. The molecular formula is C16H15FN2O4. The molecule has 0 radical (unpaired) electrons. The number of hydrogen-bond donors (Lipinski definition) is 2. The molecule has 0 spiro atoms. The predicted molar refractivity (Wildman–Crippen MR) is 80.4 cm³/mol. The first kappa shape index (κ1) is 10.4. The molecule has 0 bridgehead atoms. The van der Waals surface area contributed by atoms with E-state index in [-0.39, 0.29) is 23.3 Å². The van der Waals surface area contributed by atoms with Gasteiger partial charge in [-0.2, -0.15) is 0 Å². The van der Waals surface area contributed by atoms with E-state index in [1.807, 2.05) is 0 Å². The third-order valence-electron chi connectivity index (χ3n) is 4.19. The van der Waals surface area contributed by atoms with E-state index >= 15 is 0 Å². The van der Waals surface area contributed by atoms with Crippen LogP contribution in [0.4, 0.5) is 4.39 Å². The van der Waals surface area contributed by atoms with Crippen molar-refractivity contribution in [2.45, 2.75) is 31.3 Å². The van der Waals surface area contributed by atoms with Crippen molar-refractivity contribution < 1.29 is 24.5 Å². The minimum Gasteiger partial charge on any atom is -0.489 e. The second-order valence-corrected chi connectivity index (χ2v) is 5.76. The molecule has 0 amide bonds. The highest BCUT2D eigenvalue weighted by Crippen LogP contribution is 2.50. The highest BCUT2D eigenvalue weighted by atomic mass is 19.1. The number of ether oxygens (including phenoxy) is 1. The molecule has 2 heterocycles. The molecular weight excluding hydrogens is 303 g/mol. The first-order chi connectivity index (χ1) is 12.4. The van der Waals surface area contributed by atoms with Crippen molar-refractivity contribution in [3.8, 4) is 5.75 Å². The molecule has 1 fully saturated rings. The number of nitrogens with two attached hydrogens (primary N) is 1. The van der Waals surface area contributed by atoms with Crippen molar-refractivity contribution in [1.29, 1.82) is 0 Å². The maximum Gasteiger partial charge on any atom is 0.341 e. The summed E-state index contributed by atoms with van der Waals surface area (Å²) in [7, 11) is 0. The third-order valence-corrected chi connectivity index (χ3v) is 4.19. The van der Waals surface area contributed by atoms with Crippen molar-refractivity contribution in [2.75, 3.05) is 6.61 Å². The lowest BCUT2D eigenvalue weighted by Crippen LogP contribution is -2.30. The van der Waals surface area contributed by atoms with Crippen LogP contribution >= 0.6 is 0 Å². The van der Waals surface area contributed by atoms with Gasteiger partial charge >= 0.3 is 5.97 Å². The van der Waals surface area contributed by atoms with Gasteiger partial charge in [0.1, 0.15) is 18.0 Å². The van der Waals surface area contributed by atoms with E-state index in [1.54, 1.807) is 6.92 Å². The quantitative estimate of drug-likeness (QED) is 0.878. The largest absolute Gasteiger partial charge is 0.489 e. The molecule has 23 heavy (non-hydrogen) atoms. The molecule has 3 N–H and O–H groups in total. The van der Waals surface area contributed by atoms with Crippen LogP contribution in [0.15, 0.2) is 17.1 Å². The van der Waals surface area contributed by atoms with Crippen molar-refractivity contribution in [1.82, 2.24) is 4.57 Å². The fraction of sp³-hybridized carbons (Fsp3) is 0.375. The number of hydrogen-bond acceptors (Lipinski definition) is 4. The van der Waals surface area contributed by atoms with Crippen LogP contribution in [0.1, 0.15) is 47.1 Å². The van der Waals surface area contributed by atoms with Gasteiger partial charge in [0.15, 0.2) is 5.75 Å². The first-order valence-electron chi connectivity index (χ1n) is 8.94. The van der Waals surface area contributed by atoms with Gasteiger partial charge in [0.25, 0.3) is 0 Å². The molecule has 2 aliphatic rings. The molecule has 6 nitrogen and oxygen atoms in total. The number of benzene rings is 1. The summed E-state index contributed by atoms with van der Waals surface area (Å²) in [4.78, 5) is 23.9. The lowest BCUT2D eigenvalue weighted by atomic mass is 9.98. The Balaban J connectivity index is 2.16. The van der Waals surface area contributed by atoms with Crippen LogP contribution in [-0.2, 0) is 5.54 Å². The molecule has 0 unspecified atom stereocenters. The number of halogens is 1. The summed E-state index contributed by atoms with van der Waals surface area (Å²) in [6, 6.07) is 0.387. The van der Waals surface area contributed by atoms with Gasteiger partial charge in [-0.05, 0) is 25.7 Å². The smallest absolute Gasteiger partial charge is 0.341 e. The third kappa shape index (κ3) is 1.83. The average molecular weight is 322 g/mol. The van der Waals surface area contributed by atoms with Crippen molar-refractivity contribution in [3.05, 3.63) is 39.4 Å². The zero-order valence-electron chi connectivity index (χ0n) is 16.0. The Morgan fingerprint density at radius 3 is 2.91 bits per heavy atom. The molecule has 1 atom stereocenters. The van der Waals surface area contributed by atoms with Crippen molar-refractivity contribution in [2.24, 2.45) is 5.73 Å². The van der Waals surface area contributed by atoms with Gasteiger partial charge in [-0.25, -0.2) is 9.18 Å². The summed E-state index contributed by atoms with van der Waals surface area (Å²) < 4.78 is 53.4. The maximum absolute atomic E-state index is 15.0. The molecule has 0 saturated heterocycles. The normalized spacial score (nSPS) is 28.0. The van der Waals surface area contributed by atoms with Gasteiger partial charge < -0.3 is 20.1 Å². The summed E-state index contributed by atoms with van der Waals surface area (Å²) in [6.45, 7) is 1.69. The number of carbonyl (C=O) groups is 1. The summed E-state index contributed by atoms with van der Waals surface area (Å²) in [5.41, 5.74) is 1.80.